The van der Waals surface area contributed by atoms with E-state index < -0.39 is 10.0 Å². The van der Waals surface area contributed by atoms with Crippen LogP contribution in [0.25, 0.3) is 0 Å². The second-order valence-electron chi connectivity index (χ2n) is 6.04. The number of amides is 1. The lowest BCUT2D eigenvalue weighted by Crippen LogP contribution is -2.40. The van der Waals surface area contributed by atoms with Gasteiger partial charge in [-0.1, -0.05) is 43.7 Å². The molecule has 0 bridgehead atoms. The van der Waals surface area contributed by atoms with Gasteiger partial charge in [0.1, 0.15) is 0 Å². The van der Waals surface area contributed by atoms with E-state index in [1.54, 1.807) is 0 Å². The third-order valence-electron chi connectivity index (χ3n) is 3.32. The highest BCUT2D eigenvalue weighted by atomic mass is 32.2. The Kier molecular flexibility index (Phi) is 7.03. The van der Waals surface area contributed by atoms with Crippen LogP contribution in [0.3, 0.4) is 0 Å². The van der Waals surface area contributed by atoms with Gasteiger partial charge in [-0.2, -0.15) is 4.31 Å². The summed E-state index contributed by atoms with van der Waals surface area (Å²) in [6, 6.07) is 7.85. The van der Waals surface area contributed by atoms with Crippen molar-refractivity contribution in [3.63, 3.8) is 0 Å². The molecule has 0 aliphatic heterocycles. The number of sulfonamides is 1. The smallest absolute Gasteiger partial charge is 0.235 e. The fraction of sp³-hybridized carbons (Fsp3) is 0.562. The van der Waals surface area contributed by atoms with Gasteiger partial charge in [-0.05, 0) is 24.8 Å². The topological polar surface area (TPSA) is 66.5 Å². The highest BCUT2D eigenvalue weighted by Crippen LogP contribution is 2.06. The molecule has 0 fully saturated rings. The zero-order chi connectivity index (χ0) is 16.8. The molecule has 1 amide bonds. The largest absolute Gasteiger partial charge is 0.351 e. The van der Waals surface area contributed by atoms with Gasteiger partial charge < -0.3 is 5.32 Å². The van der Waals surface area contributed by atoms with Gasteiger partial charge in [0.2, 0.25) is 15.9 Å². The summed E-state index contributed by atoms with van der Waals surface area (Å²) >= 11 is 0. The molecule has 0 aliphatic carbocycles. The van der Waals surface area contributed by atoms with Crippen LogP contribution in [-0.2, 0) is 21.4 Å². The van der Waals surface area contributed by atoms with E-state index in [1.165, 1.54) is 4.31 Å². The quantitative estimate of drug-likeness (QED) is 0.793. The van der Waals surface area contributed by atoms with Crippen LogP contribution in [0.1, 0.15) is 31.4 Å². The van der Waals surface area contributed by atoms with Crippen molar-refractivity contribution in [2.75, 3.05) is 19.3 Å². The summed E-state index contributed by atoms with van der Waals surface area (Å²) in [6.07, 6.45) is 1.87. The minimum atomic E-state index is -3.37. The Balaban J connectivity index is 2.56. The second-order valence-corrected chi connectivity index (χ2v) is 8.03. The Bertz CT molecular complexity index is 597. The molecule has 0 atom stereocenters. The van der Waals surface area contributed by atoms with Gasteiger partial charge in [-0.3, -0.25) is 4.79 Å². The molecule has 5 nitrogen and oxygen atoms in total. The fourth-order valence-electron chi connectivity index (χ4n) is 2.00. The van der Waals surface area contributed by atoms with E-state index >= 15 is 0 Å². The molecule has 0 aliphatic rings. The number of carbonyl (C=O) groups excluding carboxylic acids is 1. The summed E-state index contributed by atoms with van der Waals surface area (Å²) in [5, 5.41) is 2.77. The van der Waals surface area contributed by atoms with Crippen molar-refractivity contribution in [1.82, 2.24) is 9.62 Å². The van der Waals surface area contributed by atoms with Gasteiger partial charge in [0.25, 0.3) is 0 Å². The highest BCUT2D eigenvalue weighted by molar-refractivity contribution is 7.88. The minimum absolute atomic E-state index is 0.128. The first kappa shape index (κ1) is 18.6. The molecule has 0 saturated carbocycles. The van der Waals surface area contributed by atoms with Crippen LogP contribution in [0.15, 0.2) is 24.3 Å². The van der Waals surface area contributed by atoms with E-state index in [0.29, 0.717) is 19.0 Å². The molecule has 0 spiro atoms. The van der Waals surface area contributed by atoms with Crippen LogP contribution < -0.4 is 5.32 Å². The molecular weight excluding hydrogens is 300 g/mol. The lowest BCUT2D eigenvalue weighted by molar-refractivity contribution is -0.121. The molecule has 0 saturated heterocycles. The summed E-state index contributed by atoms with van der Waals surface area (Å²) in [5.74, 6) is 0.107. The maximum Gasteiger partial charge on any atom is 0.235 e. The molecule has 0 radical (unpaired) electrons. The number of hydrogen-bond acceptors (Lipinski definition) is 3. The summed E-state index contributed by atoms with van der Waals surface area (Å²) in [5.41, 5.74) is 2.13. The zero-order valence-electron chi connectivity index (χ0n) is 13.8. The van der Waals surface area contributed by atoms with Crippen LogP contribution in [0.4, 0.5) is 0 Å². The average Bonchev–Trinajstić information content (AvgIpc) is 2.39. The lowest BCUT2D eigenvalue weighted by atomic mass is 10.1. The highest BCUT2D eigenvalue weighted by Gasteiger charge is 2.20. The van der Waals surface area contributed by atoms with Gasteiger partial charge in [0.15, 0.2) is 0 Å². The molecule has 1 aromatic carbocycles. The van der Waals surface area contributed by atoms with Crippen LogP contribution in [-0.4, -0.2) is 38.0 Å². The van der Waals surface area contributed by atoms with Crippen molar-refractivity contribution in [2.24, 2.45) is 5.92 Å². The SMILES string of the molecule is Cc1cccc(CNC(=O)CN(CCC(C)C)S(C)(=O)=O)c1. The molecule has 6 heteroatoms. The summed E-state index contributed by atoms with van der Waals surface area (Å²) in [4.78, 5) is 12.0. The van der Waals surface area contributed by atoms with Crippen LogP contribution in [0.5, 0.6) is 0 Å². The number of hydrogen-bond donors (Lipinski definition) is 1. The fourth-order valence-corrected chi connectivity index (χ4v) is 2.79. The Morgan fingerprint density at radius 1 is 1.32 bits per heavy atom. The number of nitrogens with zero attached hydrogens (tertiary/aromatic N) is 1. The van der Waals surface area contributed by atoms with Crippen molar-refractivity contribution in [1.29, 1.82) is 0 Å². The van der Waals surface area contributed by atoms with E-state index in [1.807, 2.05) is 45.0 Å². The van der Waals surface area contributed by atoms with Crippen LogP contribution in [0, 0.1) is 12.8 Å². The third-order valence-corrected chi connectivity index (χ3v) is 4.57. The van der Waals surface area contributed by atoms with Gasteiger partial charge >= 0.3 is 0 Å². The molecule has 22 heavy (non-hydrogen) atoms. The number of carbonyl (C=O) groups is 1. The average molecular weight is 326 g/mol. The van der Waals surface area contributed by atoms with Crippen LogP contribution >= 0.6 is 0 Å². The number of benzene rings is 1. The van der Waals surface area contributed by atoms with Crippen molar-refractivity contribution in [3.8, 4) is 0 Å². The van der Waals surface area contributed by atoms with Crippen molar-refractivity contribution in [3.05, 3.63) is 35.4 Å². The third kappa shape index (κ3) is 7.04. The van der Waals surface area contributed by atoms with Crippen molar-refractivity contribution in [2.45, 2.75) is 33.7 Å². The molecule has 0 heterocycles. The number of rotatable bonds is 8. The zero-order valence-corrected chi connectivity index (χ0v) is 14.6. The monoisotopic (exact) mass is 326 g/mol. The molecule has 124 valence electrons. The first-order valence-corrected chi connectivity index (χ1v) is 9.30. The Labute approximate surface area is 133 Å². The molecule has 1 rings (SSSR count). The van der Waals surface area contributed by atoms with E-state index in [9.17, 15) is 13.2 Å². The second kappa shape index (κ2) is 8.29. The van der Waals surface area contributed by atoms with E-state index in [4.69, 9.17) is 0 Å². The van der Waals surface area contributed by atoms with Gasteiger partial charge in [-0.25, -0.2) is 8.42 Å². The van der Waals surface area contributed by atoms with E-state index in [0.717, 1.165) is 23.8 Å². The summed E-state index contributed by atoms with van der Waals surface area (Å²) in [7, 11) is -3.37. The summed E-state index contributed by atoms with van der Waals surface area (Å²) < 4.78 is 24.7. The maximum atomic E-state index is 12.0. The Morgan fingerprint density at radius 3 is 2.55 bits per heavy atom. The molecule has 0 aromatic heterocycles. The van der Waals surface area contributed by atoms with Gasteiger partial charge in [-0.15, -0.1) is 0 Å². The van der Waals surface area contributed by atoms with Crippen molar-refractivity contribution >= 4 is 15.9 Å². The standard InChI is InChI=1S/C16H26N2O3S/c1-13(2)8-9-18(22(4,20)21)12-16(19)17-11-15-7-5-6-14(3)10-15/h5-7,10,13H,8-9,11-12H2,1-4H3,(H,17,19). The van der Waals surface area contributed by atoms with E-state index in [-0.39, 0.29) is 12.5 Å². The van der Waals surface area contributed by atoms with Crippen LogP contribution in [0.2, 0.25) is 0 Å². The molecule has 1 N–H and O–H groups in total. The van der Waals surface area contributed by atoms with Crippen molar-refractivity contribution < 1.29 is 13.2 Å². The van der Waals surface area contributed by atoms with Gasteiger partial charge in [0, 0.05) is 13.1 Å². The predicted octanol–water partition coefficient (Wildman–Crippen LogP) is 1.92. The minimum Gasteiger partial charge on any atom is -0.351 e. The molecule has 1 aromatic rings. The number of nitrogens with one attached hydrogen (secondary N) is 1. The lowest BCUT2D eigenvalue weighted by Gasteiger charge is -2.20. The molecular formula is C16H26N2O3S. The number of aryl methyl sites for hydroxylation is 1. The normalized spacial score (nSPS) is 11.9. The first-order chi connectivity index (χ1) is 10.2. The molecule has 0 unspecified atom stereocenters. The maximum absolute atomic E-state index is 12.0. The van der Waals surface area contributed by atoms with E-state index in [2.05, 4.69) is 5.32 Å². The van der Waals surface area contributed by atoms with Gasteiger partial charge in [0.05, 0.1) is 12.8 Å². The predicted molar refractivity (Wildman–Crippen MR) is 88.9 cm³/mol. The first-order valence-electron chi connectivity index (χ1n) is 7.46. The summed E-state index contributed by atoms with van der Waals surface area (Å²) in [6.45, 7) is 6.69. The Morgan fingerprint density at radius 2 is 2.00 bits per heavy atom. The Hall–Kier alpha value is -1.40.